The zero-order valence-corrected chi connectivity index (χ0v) is 15.5. The van der Waals surface area contributed by atoms with Gasteiger partial charge in [-0.3, -0.25) is 0 Å². The lowest BCUT2D eigenvalue weighted by atomic mass is 10.2. The lowest BCUT2D eigenvalue weighted by Gasteiger charge is -2.17. The van der Waals surface area contributed by atoms with Crippen LogP contribution in [0.4, 0.5) is 10.2 Å². The van der Waals surface area contributed by atoms with Gasteiger partial charge in [-0.15, -0.1) is 0 Å². The molecule has 140 valence electrons. The van der Waals surface area contributed by atoms with Crippen LogP contribution in [0.1, 0.15) is 19.3 Å². The van der Waals surface area contributed by atoms with Crippen LogP contribution in [0.3, 0.4) is 0 Å². The summed E-state index contributed by atoms with van der Waals surface area (Å²) in [5.74, 6) is 1.13. The molecular weight excluding hydrogens is 367 g/mol. The van der Waals surface area contributed by atoms with E-state index >= 15 is 0 Å². The number of likely N-dealkylation sites (tertiary alicyclic amines) is 1. The summed E-state index contributed by atoms with van der Waals surface area (Å²) in [5, 5.41) is 4.62. The van der Waals surface area contributed by atoms with E-state index in [-0.39, 0.29) is 11.9 Å². The van der Waals surface area contributed by atoms with Gasteiger partial charge >= 0.3 is 0 Å². The molecule has 8 heteroatoms. The van der Waals surface area contributed by atoms with Crippen LogP contribution < -0.4 is 5.32 Å². The second kappa shape index (κ2) is 6.73. The van der Waals surface area contributed by atoms with Gasteiger partial charge in [-0.2, -0.15) is 0 Å². The number of aromatic nitrogens is 4. The Balaban J connectivity index is 1.38. The SMILES string of the molecule is Fc1cnc(-c2c[nH]c3ncc(Cl)cc23)nc1N[C@H]1CCN(CC2CC2)C1. The minimum absolute atomic E-state index is 0.208. The van der Waals surface area contributed by atoms with Crippen LogP contribution in [-0.2, 0) is 0 Å². The number of pyridine rings is 1. The second-order valence-electron chi connectivity index (χ2n) is 7.48. The standard InChI is InChI=1S/C19H20ClFN6/c20-12-5-14-15(7-23-17(14)22-6-12)18-24-8-16(21)19(26-18)25-13-3-4-27(10-13)9-11-1-2-11/h5-8,11,13H,1-4,9-10H2,(H,22,23)(H,24,25,26)/t13-/m0/s1. The number of nitrogens with zero attached hydrogens (tertiary/aromatic N) is 4. The number of hydrogen-bond donors (Lipinski definition) is 2. The van der Waals surface area contributed by atoms with Crippen molar-refractivity contribution < 1.29 is 4.39 Å². The lowest BCUT2D eigenvalue weighted by Crippen LogP contribution is -2.28. The van der Waals surface area contributed by atoms with E-state index in [4.69, 9.17) is 11.6 Å². The van der Waals surface area contributed by atoms with Crippen LogP contribution >= 0.6 is 11.6 Å². The first-order chi connectivity index (χ1) is 13.2. The van der Waals surface area contributed by atoms with Crippen LogP contribution in [0.25, 0.3) is 22.4 Å². The van der Waals surface area contributed by atoms with Gasteiger partial charge in [-0.25, -0.2) is 19.3 Å². The Bertz CT molecular complexity index is 985. The predicted molar refractivity (Wildman–Crippen MR) is 103 cm³/mol. The third-order valence-corrected chi connectivity index (χ3v) is 5.52. The number of fused-ring (bicyclic) bond motifs is 1. The normalized spacial score (nSPS) is 20.4. The summed E-state index contributed by atoms with van der Waals surface area (Å²) in [5.41, 5.74) is 1.45. The first kappa shape index (κ1) is 16.9. The van der Waals surface area contributed by atoms with E-state index in [0.717, 1.165) is 36.4 Å². The molecule has 4 heterocycles. The molecule has 0 bridgehead atoms. The molecule has 5 rings (SSSR count). The number of hydrogen-bond acceptors (Lipinski definition) is 5. The third-order valence-electron chi connectivity index (χ3n) is 5.31. The second-order valence-corrected chi connectivity index (χ2v) is 7.91. The van der Waals surface area contributed by atoms with Crippen molar-refractivity contribution in [2.45, 2.75) is 25.3 Å². The Labute approximate surface area is 161 Å². The van der Waals surface area contributed by atoms with Crippen LogP contribution in [-0.4, -0.2) is 50.5 Å². The Kier molecular flexibility index (Phi) is 4.21. The van der Waals surface area contributed by atoms with Crippen molar-refractivity contribution in [1.82, 2.24) is 24.8 Å². The molecular formula is C19H20ClFN6. The summed E-state index contributed by atoms with van der Waals surface area (Å²) in [4.78, 5) is 18.4. The van der Waals surface area contributed by atoms with Gasteiger partial charge in [-0.1, -0.05) is 11.6 Å². The van der Waals surface area contributed by atoms with Crippen LogP contribution in [0.2, 0.25) is 5.02 Å². The molecule has 0 radical (unpaired) electrons. The minimum atomic E-state index is -0.435. The van der Waals surface area contributed by atoms with E-state index in [1.165, 1.54) is 25.6 Å². The van der Waals surface area contributed by atoms with Crippen molar-refractivity contribution in [3.05, 3.63) is 35.5 Å². The molecule has 0 aromatic carbocycles. The molecule has 1 saturated heterocycles. The molecule has 1 saturated carbocycles. The van der Waals surface area contributed by atoms with Gasteiger partial charge in [0.15, 0.2) is 17.5 Å². The van der Waals surface area contributed by atoms with Crippen molar-refractivity contribution in [3.63, 3.8) is 0 Å². The van der Waals surface area contributed by atoms with Crippen molar-refractivity contribution >= 4 is 28.5 Å². The average Bonchev–Trinajstić information content (AvgIpc) is 3.20. The molecule has 0 spiro atoms. The van der Waals surface area contributed by atoms with E-state index in [9.17, 15) is 4.39 Å². The molecule has 0 amide bonds. The van der Waals surface area contributed by atoms with E-state index in [2.05, 4.69) is 30.2 Å². The summed E-state index contributed by atoms with van der Waals surface area (Å²) in [7, 11) is 0. The Morgan fingerprint density at radius 1 is 1.26 bits per heavy atom. The van der Waals surface area contributed by atoms with Crippen LogP contribution in [0.5, 0.6) is 0 Å². The van der Waals surface area contributed by atoms with E-state index in [1.54, 1.807) is 12.4 Å². The predicted octanol–water partition coefficient (Wildman–Crippen LogP) is 3.71. The third kappa shape index (κ3) is 3.49. The minimum Gasteiger partial charge on any atom is -0.363 e. The number of nitrogens with one attached hydrogen (secondary N) is 2. The molecule has 2 aliphatic rings. The van der Waals surface area contributed by atoms with Crippen molar-refractivity contribution in [3.8, 4) is 11.4 Å². The fourth-order valence-electron chi connectivity index (χ4n) is 3.74. The lowest BCUT2D eigenvalue weighted by molar-refractivity contribution is 0.322. The summed E-state index contributed by atoms with van der Waals surface area (Å²) < 4.78 is 14.3. The van der Waals surface area contributed by atoms with Crippen molar-refractivity contribution in [1.29, 1.82) is 0 Å². The summed E-state index contributed by atoms with van der Waals surface area (Å²) >= 11 is 6.06. The van der Waals surface area contributed by atoms with Crippen LogP contribution in [0, 0.1) is 11.7 Å². The maximum Gasteiger partial charge on any atom is 0.183 e. The monoisotopic (exact) mass is 386 g/mol. The molecule has 3 aromatic rings. The van der Waals surface area contributed by atoms with Gasteiger partial charge in [0, 0.05) is 49.0 Å². The largest absolute Gasteiger partial charge is 0.363 e. The van der Waals surface area contributed by atoms with Crippen molar-refractivity contribution in [2.75, 3.05) is 25.0 Å². The highest BCUT2D eigenvalue weighted by Crippen LogP contribution is 2.31. The van der Waals surface area contributed by atoms with Gasteiger partial charge < -0.3 is 15.2 Å². The van der Waals surface area contributed by atoms with Gasteiger partial charge in [0.25, 0.3) is 0 Å². The molecule has 3 aromatic heterocycles. The molecule has 2 fully saturated rings. The summed E-state index contributed by atoms with van der Waals surface area (Å²) in [6, 6.07) is 2.02. The molecule has 27 heavy (non-hydrogen) atoms. The van der Waals surface area contributed by atoms with Gasteiger partial charge in [-0.05, 0) is 31.2 Å². The highest BCUT2D eigenvalue weighted by molar-refractivity contribution is 6.31. The first-order valence-electron chi connectivity index (χ1n) is 9.30. The number of H-pyrrole nitrogens is 1. The highest BCUT2D eigenvalue weighted by Gasteiger charge is 2.29. The maximum absolute atomic E-state index is 14.3. The fourth-order valence-corrected chi connectivity index (χ4v) is 3.89. The van der Waals surface area contributed by atoms with E-state index in [1.807, 2.05) is 6.07 Å². The zero-order valence-electron chi connectivity index (χ0n) is 14.8. The van der Waals surface area contributed by atoms with Gasteiger partial charge in [0.05, 0.1) is 11.2 Å². The Hall–Kier alpha value is -2.25. The van der Waals surface area contributed by atoms with Gasteiger partial charge in [0.2, 0.25) is 0 Å². The zero-order chi connectivity index (χ0) is 18.4. The van der Waals surface area contributed by atoms with Crippen LogP contribution in [0.15, 0.2) is 24.7 Å². The number of halogens is 2. The Morgan fingerprint density at radius 2 is 2.15 bits per heavy atom. The average molecular weight is 387 g/mol. The topological polar surface area (TPSA) is 69.7 Å². The summed E-state index contributed by atoms with van der Waals surface area (Å²) in [6.45, 7) is 3.15. The molecule has 1 aliphatic heterocycles. The summed E-state index contributed by atoms with van der Waals surface area (Å²) in [6.07, 6.45) is 8.27. The number of rotatable bonds is 5. The Morgan fingerprint density at radius 3 is 3.00 bits per heavy atom. The van der Waals surface area contributed by atoms with Gasteiger partial charge in [0.1, 0.15) is 5.65 Å². The fraction of sp³-hybridized carbons (Fsp3) is 0.421. The molecule has 0 unspecified atom stereocenters. The number of aromatic amines is 1. The molecule has 2 N–H and O–H groups in total. The quantitative estimate of drug-likeness (QED) is 0.699. The number of anilines is 1. The molecule has 1 aliphatic carbocycles. The first-order valence-corrected chi connectivity index (χ1v) is 9.68. The molecule has 6 nitrogen and oxygen atoms in total. The van der Waals surface area contributed by atoms with Crippen molar-refractivity contribution in [2.24, 2.45) is 5.92 Å². The van der Waals surface area contributed by atoms with E-state index in [0.29, 0.717) is 16.5 Å². The molecule has 1 atom stereocenters. The highest BCUT2D eigenvalue weighted by atomic mass is 35.5. The smallest absolute Gasteiger partial charge is 0.183 e. The maximum atomic E-state index is 14.3. The van der Waals surface area contributed by atoms with E-state index < -0.39 is 5.82 Å².